The first-order valence-corrected chi connectivity index (χ1v) is 13.2. The second-order valence-corrected chi connectivity index (χ2v) is 10.9. The standard InChI is InChI=1S/C27H37N5O2/c1-2-4-25(34-16-21-8-13-33-14-9-21)24(3-1)22-6-11-31(12-7-22)23-5-10-27(15-23)17-32(18-27)26-29-19-28-20-30-26/h1-4,19-23H,5-18H2. The van der Waals surface area contributed by atoms with Crippen LogP contribution in [0.2, 0.25) is 0 Å². The Morgan fingerprint density at radius 2 is 1.74 bits per heavy atom. The molecule has 1 unspecified atom stereocenters. The maximum absolute atomic E-state index is 6.36. The van der Waals surface area contributed by atoms with Crippen LogP contribution in [0.1, 0.15) is 56.4 Å². The highest BCUT2D eigenvalue weighted by Gasteiger charge is 2.50. The van der Waals surface area contributed by atoms with E-state index in [1.807, 2.05) is 0 Å². The second-order valence-electron chi connectivity index (χ2n) is 10.9. The Labute approximate surface area is 202 Å². The molecule has 0 radical (unpaired) electrons. The maximum atomic E-state index is 6.36. The molecule has 3 aliphatic heterocycles. The third-order valence-corrected chi connectivity index (χ3v) is 8.71. The molecule has 0 amide bonds. The largest absolute Gasteiger partial charge is 0.493 e. The molecule has 0 bridgehead atoms. The molecular weight excluding hydrogens is 426 g/mol. The van der Waals surface area contributed by atoms with E-state index in [0.717, 1.165) is 63.5 Å². The minimum Gasteiger partial charge on any atom is -0.493 e. The predicted molar refractivity (Wildman–Crippen MR) is 131 cm³/mol. The zero-order valence-electron chi connectivity index (χ0n) is 20.1. The van der Waals surface area contributed by atoms with Gasteiger partial charge in [-0.2, -0.15) is 0 Å². The lowest BCUT2D eigenvalue weighted by atomic mass is 9.78. The quantitative estimate of drug-likeness (QED) is 0.643. The smallest absolute Gasteiger partial charge is 0.228 e. The average Bonchev–Trinajstić information content (AvgIpc) is 3.34. The fourth-order valence-electron chi connectivity index (χ4n) is 6.72. The molecule has 4 heterocycles. The zero-order chi connectivity index (χ0) is 22.8. The summed E-state index contributed by atoms with van der Waals surface area (Å²) >= 11 is 0. The molecule has 1 aromatic carbocycles. The first-order valence-electron chi connectivity index (χ1n) is 13.2. The Morgan fingerprint density at radius 3 is 2.53 bits per heavy atom. The first kappa shape index (κ1) is 22.2. The SMILES string of the molecule is c1ccc(C2CCN(C3CCC4(C3)CN(c3ncncn3)C4)CC2)c(OCC2CCOCC2)c1. The lowest BCUT2D eigenvalue weighted by Crippen LogP contribution is -2.56. The predicted octanol–water partition coefficient (Wildman–Crippen LogP) is 3.92. The van der Waals surface area contributed by atoms with Crippen molar-refractivity contribution in [2.75, 3.05) is 50.9 Å². The monoisotopic (exact) mass is 463 g/mol. The average molecular weight is 464 g/mol. The van der Waals surface area contributed by atoms with Crippen LogP contribution in [-0.4, -0.2) is 71.9 Å². The van der Waals surface area contributed by atoms with E-state index in [0.29, 0.717) is 17.3 Å². The van der Waals surface area contributed by atoms with Gasteiger partial charge in [-0.3, -0.25) is 0 Å². The Kier molecular flexibility index (Phi) is 6.39. The molecule has 34 heavy (non-hydrogen) atoms. The minimum absolute atomic E-state index is 0.471. The van der Waals surface area contributed by atoms with Gasteiger partial charge in [0.1, 0.15) is 18.4 Å². The van der Waals surface area contributed by atoms with Crippen LogP contribution in [0, 0.1) is 11.3 Å². The van der Waals surface area contributed by atoms with Gasteiger partial charge >= 0.3 is 0 Å². The number of rotatable bonds is 6. The number of aromatic nitrogens is 3. The molecule has 3 saturated heterocycles. The number of para-hydroxylation sites is 1. The second kappa shape index (κ2) is 9.78. The van der Waals surface area contributed by atoms with Gasteiger partial charge in [-0.25, -0.2) is 15.0 Å². The molecule has 6 rings (SSSR count). The van der Waals surface area contributed by atoms with Crippen molar-refractivity contribution in [3.8, 4) is 5.75 Å². The van der Waals surface area contributed by atoms with Crippen molar-refractivity contribution >= 4 is 5.95 Å². The van der Waals surface area contributed by atoms with Gasteiger partial charge in [0.15, 0.2) is 0 Å². The molecule has 182 valence electrons. The van der Waals surface area contributed by atoms with E-state index in [9.17, 15) is 0 Å². The summed E-state index contributed by atoms with van der Waals surface area (Å²) in [4.78, 5) is 17.7. The third kappa shape index (κ3) is 4.65. The summed E-state index contributed by atoms with van der Waals surface area (Å²) in [7, 11) is 0. The van der Waals surface area contributed by atoms with Crippen molar-refractivity contribution in [3.63, 3.8) is 0 Å². The van der Waals surface area contributed by atoms with Crippen LogP contribution in [0.4, 0.5) is 5.95 Å². The van der Waals surface area contributed by atoms with Gasteiger partial charge in [0.25, 0.3) is 0 Å². The number of hydrogen-bond donors (Lipinski definition) is 0. The fraction of sp³-hybridized carbons (Fsp3) is 0.667. The minimum atomic E-state index is 0.471. The zero-order valence-corrected chi connectivity index (χ0v) is 20.1. The lowest BCUT2D eigenvalue weighted by molar-refractivity contribution is 0.0494. The van der Waals surface area contributed by atoms with E-state index in [-0.39, 0.29) is 0 Å². The Balaban J connectivity index is 1.00. The van der Waals surface area contributed by atoms with Gasteiger partial charge in [0.05, 0.1) is 6.61 Å². The first-order chi connectivity index (χ1) is 16.8. The molecule has 4 aliphatic rings. The van der Waals surface area contributed by atoms with Gasteiger partial charge in [-0.05, 0) is 81.5 Å². The van der Waals surface area contributed by atoms with Crippen LogP contribution in [0.15, 0.2) is 36.9 Å². The highest BCUT2D eigenvalue weighted by atomic mass is 16.5. The van der Waals surface area contributed by atoms with Gasteiger partial charge < -0.3 is 19.3 Å². The molecule has 2 aromatic rings. The van der Waals surface area contributed by atoms with Crippen molar-refractivity contribution in [1.82, 2.24) is 19.9 Å². The van der Waals surface area contributed by atoms with E-state index in [1.54, 1.807) is 12.7 Å². The van der Waals surface area contributed by atoms with E-state index in [2.05, 4.69) is 49.0 Å². The Hall–Kier alpha value is -2.25. The van der Waals surface area contributed by atoms with Crippen molar-refractivity contribution < 1.29 is 9.47 Å². The van der Waals surface area contributed by atoms with Gasteiger partial charge in [0.2, 0.25) is 5.95 Å². The van der Waals surface area contributed by atoms with Crippen LogP contribution in [0.5, 0.6) is 5.75 Å². The summed E-state index contributed by atoms with van der Waals surface area (Å²) in [6, 6.07) is 9.51. The number of nitrogens with zero attached hydrogens (tertiary/aromatic N) is 5. The van der Waals surface area contributed by atoms with Crippen molar-refractivity contribution in [1.29, 1.82) is 0 Å². The van der Waals surface area contributed by atoms with Gasteiger partial charge in [0, 0.05) is 37.8 Å². The topological polar surface area (TPSA) is 63.6 Å². The highest BCUT2D eigenvalue weighted by Crippen LogP contribution is 2.48. The molecule has 7 nitrogen and oxygen atoms in total. The van der Waals surface area contributed by atoms with E-state index in [1.165, 1.54) is 50.8 Å². The molecule has 7 heteroatoms. The normalized spacial score (nSPS) is 26.0. The van der Waals surface area contributed by atoms with Gasteiger partial charge in [-0.15, -0.1) is 0 Å². The number of ether oxygens (including phenoxy) is 2. The molecular formula is C27H37N5O2. The number of anilines is 1. The van der Waals surface area contributed by atoms with Crippen molar-refractivity contribution in [2.45, 2.75) is 56.9 Å². The summed E-state index contributed by atoms with van der Waals surface area (Å²) in [6.07, 6.45) is 11.9. The van der Waals surface area contributed by atoms with Crippen LogP contribution in [0.3, 0.4) is 0 Å². The number of benzene rings is 1. The van der Waals surface area contributed by atoms with Crippen molar-refractivity contribution in [3.05, 3.63) is 42.5 Å². The van der Waals surface area contributed by atoms with E-state index >= 15 is 0 Å². The Morgan fingerprint density at radius 1 is 0.971 bits per heavy atom. The molecule has 1 atom stereocenters. The highest BCUT2D eigenvalue weighted by molar-refractivity contribution is 5.37. The van der Waals surface area contributed by atoms with Crippen LogP contribution >= 0.6 is 0 Å². The summed E-state index contributed by atoms with van der Waals surface area (Å²) < 4.78 is 11.9. The third-order valence-electron chi connectivity index (χ3n) is 8.71. The number of piperidine rings is 1. The molecule has 1 aliphatic carbocycles. The molecule has 1 spiro atoms. The number of likely N-dealkylation sites (tertiary alicyclic amines) is 1. The van der Waals surface area contributed by atoms with Crippen LogP contribution in [-0.2, 0) is 4.74 Å². The number of hydrogen-bond acceptors (Lipinski definition) is 7. The maximum Gasteiger partial charge on any atom is 0.228 e. The fourth-order valence-corrected chi connectivity index (χ4v) is 6.72. The van der Waals surface area contributed by atoms with Crippen molar-refractivity contribution in [2.24, 2.45) is 11.3 Å². The molecule has 1 saturated carbocycles. The lowest BCUT2D eigenvalue weighted by Gasteiger charge is -2.49. The van der Waals surface area contributed by atoms with E-state index < -0.39 is 0 Å². The van der Waals surface area contributed by atoms with Crippen LogP contribution in [0.25, 0.3) is 0 Å². The summed E-state index contributed by atoms with van der Waals surface area (Å²) in [5.41, 5.74) is 1.89. The van der Waals surface area contributed by atoms with Gasteiger partial charge in [-0.1, -0.05) is 18.2 Å². The molecule has 4 fully saturated rings. The summed E-state index contributed by atoms with van der Waals surface area (Å²) in [6.45, 7) is 7.20. The molecule has 0 N–H and O–H groups in total. The van der Waals surface area contributed by atoms with Crippen LogP contribution < -0.4 is 9.64 Å². The Bertz CT molecular complexity index is 937. The summed E-state index contributed by atoms with van der Waals surface area (Å²) in [5, 5.41) is 0. The summed E-state index contributed by atoms with van der Waals surface area (Å²) in [5.74, 6) is 3.19. The molecule has 1 aromatic heterocycles. The van der Waals surface area contributed by atoms with E-state index in [4.69, 9.17) is 9.47 Å².